The lowest BCUT2D eigenvalue weighted by molar-refractivity contribution is -0.117. The average molecular weight is 294 g/mol. The number of thiazole rings is 1. The number of carbonyl (C=O) groups excluding carboxylic acids is 1. The van der Waals surface area contributed by atoms with E-state index in [1.54, 1.807) is 12.5 Å². The lowest BCUT2D eigenvalue weighted by Gasteiger charge is -2.13. The quantitative estimate of drug-likeness (QED) is 0.803. The molecular weight excluding hydrogens is 276 g/mol. The van der Waals surface area contributed by atoms with Crippen molar-refractivity contribution in [2.24, 2.45) is 0 Å². The van der Waals surface area contributed by atoms with Gasteiger partial charge >= 0.3 is 0 Å². The first-order valence-corrected chi connectivity index (χ1v) is 7.39. The number of nitrogens with one attached hydrogen (secondary N) is 2. The van der Waals surface area contributed by atoms with Crippen molar-refractivity contribution in [1.82, 2.24) is 25.1 Å². The molecule has 0 aliphatic carbocycles. The summed E-state index contributed by atoms with van der Waals surface area (Å²) in [5.74, 6) is 0.724. The van der Waals surface area contributed by atoms with Gasteiger partial charge in [0.15, 0.2) is 5.13 Å². The van der Waals surface area contributed by atoms with Gasteiger partial charge in [-0.2, -0.15) is 0 Å². The van der Waals surface area contributed by atoms with E-state index in [9.17, 15) is 4.79 Å². The van der Waals surface area contributed by atoms with Crippen LogP contribution in [0.5, 0.6) is 0 Å². The molecule has 0 aliphatic rings. The normalized spacial score (nSPS) is 12.3. The van der Waals surface area contributed by atoms with E-state index in [-0.39, 0.29) is 11.9 Å². The van der Waals surface area contributed by atoms with E-state index in [0.717, 1.165) is 18.8 Å². The maximum Gasteiger partial charge on any atom is 0.243 e. The van der Waals surface area contributed by atoms with E-state index in [1.165, 1.54) is 11.3 Å². The van der Waals surface area contributed by atoms with Gasteiger partial charge in [-0.15, -0.1) is 21.5 Å². The van der Waals surface area contributed by atoms with Crippen molar-refractivity contribution in [3.8, 4) is 0 Å². The molecule has 1 atom stereocenters. The number of hydrogen-bond donors (Lipinski definition) is 2. The standard InChI is InChI=1S/C12H18N6OS/c1-3-5-18-8-15-17-10(18)7-14-9(2)11(19)16-12-13-4-6-20-12/h4,6,8-9,14H,3,5,7H2,1-2H3,(H,13,16,19). The summed E-state index contributed by atoms with van der Waals surface area (Å²) in [5, 5.41) is 16.3. The van der Waals surface area contributed by atoms with Crippen molar-refractivity contribution in [3.63, 3.8) is 0 Å². The fourth-order valence-corrected chi connectivity index (χ4v) is 2.21. The van der Waals surface area contributed by atoms with Crippen LogP contribution in [0.25, 0.3) is 0 Å². The summed E-state index contributed by atoms with van der Waals surface area (Å²) >= 11 is 1.40. The summed E-state index contributed by atoms with van der Waals surface area (Å²) in [6.07, 6.45) is 4.39. The van der Waals surface area contributed by atoms with Crippen molar-refractivity contribution in [2.45, 2.75) is 39.4 Å². The van der Waals surface area contributed by atoms with Crippen LogP contribution in [0.2, 0.25) is 0 Å². The summed E-state index contributed by atoms with van der Waals surface area (Å²) in [6, 6.07) is -0.328. The predicted molar refractivity (Wildman–Crippen MR) is 77.4 cm³/mol. The Hall–Kier alpha value is -1.80. The molecule has 0 aliphatic heterocycles. The molecule has 0 fully saturated rings. The van der Waals surface area contributed by atoms with Crippen LogP contribution in [0.1, 0.15) is 26.1 Å². The van der Waals surface area contributed by atoms with Gasteiger partial charge in [-0.05, 0) is 13.3 Å². The Kier molecular flexibility index (Phi) is 5.19. The fourth-order valence-electron chi connectivity index (χ4n) is 1.68. The van der Waals surface area contributed by atoms with Crippen molar-refractivity contribution in [1.29, 1.82) is 0 Å². The van der Waals surface area contributed by atoms with Gasteiger partial charge in [-0.1, -0.05) is 6.92 Å². The Bertz CT molecular complexity index is 538. The second kappa shape index (κ2) is 7.11. The van der Waals surface area contributed by atoms with E-state index in [1.807, 2.05) is 16.9 Å². The molecule has 0 saturated heterocycles. The van der Waals surface area contributed by atoms with Crippen molar-refractivity contribution in [2.75, 3.05) is 5.32 Å². The molecule has 1 unspecified atom stereocenters. The van der Waals surface area contributed by atoms with Crippen LogP contribution in [0.4, 0.5) is 5.13 Å². The van der Waals surface area contributed by atoms with Crippen molar-refractivity contribution >= 4 is 22.4 Å². The van der Waals surface area contributed by atoms with Gasteiger partial charge in [0.05, 0.1) is 12.6 Å². The predicted octanol–water partition coefficient (Wildman–Crippen LogP) is 1.26. The van der Waals surface area contributed by atoms with Gasteiger partial charge in [0.1, 0.15) is 12.2 Å². The Morgan fingerprint density at radius 3 is 3.10 bits per heavy atom. The average Bonchev–Trinajstić information content (AvgIpc) is 3.08. The molecule has 7 nitrogen and oxygen atoms in total. The number of nitrogens with zero attached hydrogens (tertiary/aromatic N) is 4. The molecular formula is C12H18N6OS. The summed E-state index contributed by atoms with van der Waals surface area (Å²) in [7, 11) is 0. The second-order valence-corrected chi connectivity index (χ2v) is 5.26. The van der Waals surface area contributed by atoms with Crippen LogP contribution >= 0.6 is 11.3 Å². The zero-order valence-electron chi connectivity index (χ0n) is 11.5. The summed E-state index contributed by atoms with van der Waals surface area (Å²) in [4.78, 5) is 16.0. The first-order valence-electron chi connectivity index (χ1n) is 6.51. The first kappa shape index (κ1) is 14.6. The zero-order valence-corrected chi connectivity index (χ0v) is 12.4. The maximum absolute atomic E-state index is 11.9. The van der Waals surface area contributed by atoms with Crippen LogP contribution in [0.3, 0.4) is 0 Å². The number of carbonyl (C=O) groups is 1. The molecule has 2 rings (SSSR count). The topological polar surface area (TPSA) is 84.7 Å². The van der Waals surface area contributed by atoms with Gasteiger partial charge in [0.25, 0.3) is 0 Å². The van der Waals surface area contributed by atoms with E-state index in [2.05, 4.69) is 32.7 Å². The number of rotatable bonds is 7. The first-order chi connectivity index (χ1) is 9.70. The van der Waals surface area contributed by atoms with Gasteiger partial charge in [-0.3, -0.25) is 10.1 Å². The molecule has 1 amide bonds. The Balaban J connectivity index is 1.83. The SMILES string of the molecule is CCCn1cnnc1CNC(C)C(=O)Nc1nccs1. The fraction of sp³-hybridized carbons (Fsp3) is 0.500. The summed E-state index contributed by atoms with van der Waals surface area (Å²) < 4.78 is 1.98. The molecule has 0 spiro atoms. The highest BCUT2D eigenvalue weighted by Crippen LogP contribution is 2.10. The number of anilines is 1. The molecule has 0 saturated carbocycles. The Morgan fingerprint density at radius 1 is 1.55 bits per heavy atom. The minimum atomic E-state index is -0.328. The highest BCUT2D eigenvalue weighted by atomic mass is 32.1. The summed E-state index contributed by atoms with van der Waals surface area (Å²) in [6.45, 7) is 5.29. The second-order valence-electron chi connectivity index (χ2n) is 4.37. The van der Waals surface area contributed by atoms with Gasteiger partial charge < -0.3 is 9.88 Å². The number of hydrogen-bond acceptors (Lipinski definition) is 6. The number of aryl methyl sites for hydroxylation is 1. The molecule has 108 valence electrons. The van der Waals surface area contributed by atoms with Crippen LogP contribution in [0.15, 0.2) is 17.9 Å². The van der Waals surface area contributed by atoms with Crippen molar-refractivity contribution < 1.29 is 4.79 Å². The highest BCUT2D eigenvalue weighted by Gasteiger charge is 2.14. The van der Waals surface area contributed by atoms with Gasteiger partial charge in [0.2, 0.25) is 5.91 Å². The summed E-state index contributed by atoms with van der Waals surface area (Å²) in [5.41, 5.74) is 0. The van der Waals surface area contributed by atoms with Crippen LogP contribution in [0, 0.1) is 0 Å². The van der Waals surface area contributed by atoms with E-state index < -0.39 is 0 Å². The Labute approximate surface area is 121 Å². The minimum Gasteiger partial charge on any atom is -0.317 e. The molecule has 0 bridgehead atoms. The van der Waals surface area contributed by atoms with Crippen molar-refractivity contribution in [3.05, 3.63) is 23.7 Å². The molecule has 0 radical (unpaired) electrons. The lowest BCUT2D eigenvalue weighted by atomic mass is 10.3. The van der Waals surface area contributed by atoms with Gasteiger partial charge in [0, 0.05) is 18.1 Å². The third kappa shape index (κ3) is 3.84. The number of aromatic nitrogens is 4. The zero-order chi connectivity index (χ0) is 14.4. The lowest BCUT2D eigenvalue weighted by Crippen LogP contribution is -2.38. The van der Waals surface area contributed by atoms with Crippen LogP contribution in [-0.2, 0) is 17.9 Å². The molecule has 2 N–H and O–H groups in total. The van der Waals surface area contributed by atoms with E-state index in [0.29, 0.717) is 11.7 Å². The van der Waals surface area contributed by atoms with Gasteiger partial charge in [-0.25, -0.2) is 4.98 Å². The number of amides is 1. The van der Waals surface area contributed by atoms with Crippen LogP contribution < -0.4 is 10.6 Å². The van der Waals surface area contributed by atoms with E-state index in [4.69, 9.17) is 0 Å². The highest BCUT2D eigenvalue weighted by molar-refractivity contribution is 7.13. The molecule has 2 aromatic rings. The largest absolute Gasteiger partial charge is 0.317 e. The smallest absolute Gasteiger partial charge is 0.243 e. The minimum absolute atomic E-state index is 0.110. The molecule has 0 aromatic carbocycles. The molecule has 8 heteroatoms. The maximum atomic E-state index is 11.9. The Morgan fingerprint density at radius 2 is 2.40 bits per heavy atom. The third-order valence-electron chi connectivity index (χ3n) is 2.78. The van der Waals surface area contributed by atoms with E-state index >= 15 is 0 Å². The molecule has 2 aromatic heterocycles. The molecule has 2 heterocycles. The van der Waals surface area contributed by atoms with Crippen LogP contribution in [-0.4, -0.2) is 31.7 Å². The third-order valence-corrected chi connectivity index (χ3v) is 3.47. The monoisotopic (exact) mass is 294 g/mol. The molecule has 20 heavy (non-hydrogen) atoms.